The quantitative estimate of drug-likeness (QED) is 0.373. The van der Waals surface area contributed by atoms with E-state index in [0.717, 1.165) is 15.6 Å². The molecule has 0 aliphatic rings. The maximum absolute atomic E-state index is 12.1. The summed E-state index contributed by atoms with van der Waals surface area (Å²) in [5, 5.41) is 6.46. The molecule has 0 aliphatic heterocycles. The molecule has 160 valence electrons. The molecule has 0 radical (unpaired) electrons. The SMILES string of the molecule is Cc1ccccc1OCC(=O)N[C@H](C)C(=O)N/N=C\c1ccc(-c2ccc(Br)cc2)o1. The van der Waals surface area contributed by atoms with Crippen LogP contribution in [0.25, 0.3) is 11.3 Å². The van der Waals surface area contributed by atoms with Crippen molar-refractivity contribution in [2.75, 3.05) is 6.61 Å². The second-order valence-corrected chi connectivity index (χ2v) is 7.70. The zero-order valence-corrected chi connectivity index (χ0v) is 18.7. The van der Waals surface area contributed by atoms with E-state index in [-0.39, 0.29) is 6.61 Å². The lowest BCUT2D eigenvalue weighted by Crippen LogP contribution is -2.45. The number of para-hydroxylation sites is 1. The third kappa shape index (κ3) is 6.55. The molecule has 0 bridgehead atoms. The number of aryl methyl sites for hydroxylation is 1. The van der Waals surface area contributed by atoms with Crippen LogP contribution in [-0.2, 0) is 9.59 Å². The molecule has 1 heterocycles. The van der Waals surface area contributed by atoms with Crippen molar-refractivity contribution in [1.29, 1.82) is 0 Å². The molecule has 0 spiro atoms. The molecular formula is C23H22BrN3O4. The van der Waals surface area contributed by atoms with E-state index < -0.39 is 17.9 Å². The molecule has 2 N–H and O–H groups in total. The number of benzene rings is 2. The highest BCUT2D eigenvalue weighted by molar-refractivity contribution is 9.10. The standard InChI is InChI=1S/C23H22BrN3O4/c1-15-5-3-4-6-20(15)30-14-22(28)26-16(2)23(29)27-25-13-19-11-12-21(31-19)17-7-9-18(24)10-8-17/h3-13,16H,14H2,1-2H3,(H,26,28)(H,27,29)/b25-13-/t16-/m1/s1. The van der Waals surface area contributed by atoms with Crippen LogP contribution in [-0.4, -0.2) is 30.7 Å². The predicted octanol–water partition coefficient (Wildman–Crippen LogP) is 4.05. The smallest absolute Gasteiger partial charge is 0.262 e. The van der Waals surface area contributed by atoms with Crippen LogP contribution in [0, 0.1) is 6.92 Å². The number of halogens is 1. The normalized spacial score (nSPS) is 11.8. The van der Waals surface area contributed by atoms with Gasteiger partial charge < -0.3 is 14.5 Å². The average molecular weight is 484 g/mol. The molecule has 0 saturated heterocycles. The van der Waals surface area contributed by atoms with E-state index >= 15 is 0 Å². The van der Waals surface area contributed by atoms with Crippen LogP contribution >= 0.6 is 15.9 Å². The Hall–Kier alpha value is -3.39. The molecule has 2 amide bonds. The first kappa shape index (κ1) is 22.3. The third-order valence-corrected chi connectivity index (χ3v) is 4.87. The minimum Gasteiger partial charge on any atom is -0.484 e. The van der Waals surface area contributed by atoms with Gasteiger partial charge in [-0.05, 0) is 49.7 Å². The molecule has 8 heteroatoms. The maximum Gasteiger partial charge on any atom is 0.262 e. The van der Waals surface area contributed by atoms with Gasteiger partial charge in [-0.25, -0.2) is 5.43 Å². The summed E-state index contributed by atoms with van der Waals surface area (Å²) < 4.78 is 12.2. The predicted molar refractivity (Wildman–Crippen MR) is 122 cm³/mol. The van der Waals surface area contributed by atoms with Crippen molar-refractivity contribution in [3.8, 4) is 17.1 Å². The van der Waals surface area contributed by atoms with Crippen molar-refractivity contribution < 1.29 is 18.7 Å². The Morgan fingerprint density at radius 1 is 1.13 bits per heavy atom. The Morgan fingerprint density at radius 2 is 1.87 bits per heavy atom. The molecule has 7 nitrogen and oxygen atoms in total. The number of nitrogens with zero attached hydrogens (tertiary/aromatic N) is 1. The van der Waals surface area contributed by atoms with E-state index in [2.05, 4.69) is 31.8 Å². The van der Waals surface area contributed by atoms with Crippen molar-refractivity contribution in [2.24, 2.45) is 5.10 Å². The number of nitrogens with one attached hydrogen (secondary N) is 2. The summed E-state index contributed by atoms with van der Waals surface area (Å²) in [6, 6.07) is 17.9. The second-order valence-electron chi connectivity index (χ2n) is 6.79. The van der Waals surface area contributed by atoms with Gasteiger partial charge in [-0.1, -0.05) is 46.3 Å². The first-order valence-corrected chi connectivity index (χ1v) is 10.4. The van der Waals surface area contributed by atoms with E-state index in [1.54, 1.807) is 19.1 Å². The zero-order valence-electron chi connectivity index (χ0n) is 17.1. The molecule has 1 atom stereocenters. The molecule has 0 fully saturated rings. The number of hydrazone groups is 1. The molecule has 3 aromatic rings. The summed E-state index contributed by atoms with van der Waals surface area (Å²) in [6.45, 7) is 3.27. The highest BCUT2D eigenvalue weighted by atomic mass is 79.9. The Labute approximate surface area is 188 Å². The van der Waals surface area contributed by atoms with Crippen LogP contribution in [0.1, 0.15) is 18.2 Å². The highest BCUT2D eigenvalue weighted by Gasteiger charge is 2.15. The summed E-state index contributed by atoms with van der Waals surface area (Å²) in [4.78, 5) is 24.2. The maximum atomic E-state index is 12.1. The number of carbonyl (C=O) groups excluding carboxylic acids is 2. The lowest BCUT2D eigenvalue weighted by Gasteiger charge is -2.13. The Bertz CT molecular complexity index is 1080. The van der Waals surface area contributed by atoms with Crippen molar-refractivity contribution >= 4 is 34.0 Å². The van der Waals surface area contributed by atoms with Crippen molar-refractivity contribution in [3.63, 3.8) is 0 Å². The van der Waals surface area contributed by atoms with Crippen LogP contribution in [0.5, 0.6) is 5.75 Å². The Morgan fingerprint density at radius 3 is 2.61 bits per heavy atom. The molecular weight excluding hydrogens is 462 g/mol. The van der Waals surface area contributed by atoms with Gasteiger partial charge in [-0.3, -0.25) is 9.59 Å². The Balaban J connectivity index is 1.45. The zero-order chi connectivity index (χ0) is 22.2. The van der Waals surface area contributed by atoms with Gasteiger partial charge >= 0.3 is 0 Å². The average Bonchev–Trinajstić information content (AvgIpc) is 3.22. The molecule has 1 aromatic heterocycles. The van der Waals surface area contributed by atoms with Crippen LogP contribution in [0.3, 0.4) is 0 Å². The number of rotatable bonds is 8. The number of carbonyl (C=O) groups is 2. The third-order valence-electron chi connectivity index (χ3n) is 4.35. The van der Waals surface area contributed by atoms with Gasteiger partial charge in [0.05, 0.1) is 6.21 Å². The van der Waals surface area contributed by atoms with Gasteiger partial charge in [0.2, 0.25) is 0 Å². The summed E-state index contributed by atoms with van der Waals surface area (Å²) in [7, 11) is 0. The van der Waals surface area contributed by atoms with Crippen LogP contribution in [0.4, 0.5) is 0 Å². The lowest BCUT2D eigenvalue weighted by atomic mass is 10.2. The van der Waals surface area contributed by atoms with Crippen LogP contribution < -0.4 is 15.5 Å². The highest BCUT2D eigenvalue weighted by Crippen LogP contribution is 2.23. The minimum atomic E-state index is -0.778. The number of furan rings is 1. The monoisotopic (exact) mass is 483 g/mol. The van der Waals surface area contributed by atoms with Crippen LogP contribution in [0.15, 0.2) is 74.7 Å². The van der Waals surface area contributed by atoms with Crippen LogP contribution in [0.2, 0.25) is 0 Å². The first-order valence-electron chi connectivity index (χ1n) is 9.59. The topological polar surface area (TPSA) is 92.9 Å². The fourth-order valence-corrected chi connectivity index (χ4v) is 2.92. The van der Waals surface area contributed by atoms with Gasteiger partial charge in [-0.2, -0.15) is 5.10 Å². The molecule has 31 heavy (non-hydrogen) atoms. The first-order chi connectivity index (χ1) is 14.9. The second kappa shape index (κ2) is 10.6. The van der Waals surface area contributed by atoms with Crippen molar-refractivity contribution in [2.45, 2.75) is 19.9 Å². The lowest BCUT2D eigenvalue weighted by molar-refractivity contribution is -0.129. The molecule has 3 rings (SSSR count). The summed E-state index contributed by atoms with van der Waals surface area (Å²) in [5.74, 6) is 0.941. The van der Waals surface area contributed by atoms with E-state index in [9.17, 15) is 9.59 Å². The number of amides is 2. The van der Waals surface area contributed by atoms with Gasteiger partial charge in [-0.15, -0.1) is 0 Å². The van der Waals surface area contributed by atoms with E-state index in [1.165, 1.54) is 6.21 Å². The number of hydrogen-bond donors (Lipinski definition) is 2. The molecule has 0 aliphatic carbocycles. The fraction of sp³-hybridized carbons (Fsp3) is 0.174. The molecule has 2 aromatic carbocycles. The van der Waals surface area contributed by atoms with Gasteiger partial charge in [0.25, 0.3) is 11.8 Å². The largest absolute Gasteiger partial charge is 0.484 e. The summed E-state index contributed by atoms with van der Waals surface area (Å²) in [5.41, 5.74) is 4.24. The van der Waals surface area contributed by atoms with E-state index in [1.807, 2.05) is 55.5 Å². The van der Waals surface area contributed by atoms with Crippen molar-refractivity contribution in [3.05, 3.63) is 76.5 Å². The number of ether oxygens (including phenoxy) is 1. The Kier molecular flexibility index (Phi) is 7.61. The summed E-state index contributed by atoms with van der Waals surface area (Å²) >= 11 is 3.39. The molecule has 0 saturated carbocycles. The van der Waals surface area contributed by atoms with Crippen molar-refractivity contribution in [1.82, 2.24) is 10.7 Å². The van der Waals surface area contributed by atoms with Gasteiger partial charge in [0.1, 0.15) is 23.3 Å². The number of hydrogen-bond acceptors (Lipinski definition) is 5. The fourth-order valence-electron chi connectivity index (χ4n) is 2.66. The summed E-state index contributed by atoms with van der Waals surface area (Å²) in [6.07, 6.45) is 1.40. The van der Waals surface area contributed by atoms with E-state index in [0.29, 0.717) is 17.3 Å². The van der Waals surface area contributed by atoms with Gasteiger partial charge in [0, 0.05) is 10.0 Å². The van der Waals surface area contributed by atoms with Gasteiger partial charge in [0.15, 0.2) is 6.61 Å². The minimum absolute atomic E-state index is 0.184. The molecule has 0 unspecified atom stereocenters. The van der Waals surface area contributed by atoms with E-state index in [4.69, 9.17) is 9.15 Å².